The van der Waals surface area contributed by atoms with Crippen LogP contribution < -0.4 is 5.32 Å². The first kappa shape index (κ1) is 13.3. The Morgan fingerprint density at radius 3 is 2.82 bits per heavy atom. The van der Waals surface area contributed by atoms with Gasteiger partial charge >= 0.3 is 0 Å². The minimum absolute atomic E-state index is 0.106. The van der Waals surface area contributed by atoms with Gasteiger partial charge in [0.1, 0.15) is 5.82 Å². The molecule has 3 atom stereocenters. The highest BCUT2D eigenvalue weighted by Gasteiger charge is 2.47. The largest absolute Gasteiger partial charge is 0.384 e. The predicted octanol–water partition coefficient (Wildman–Crippen LogP) is 2.90. The highest BCUT2D eigenvalue weighted by Crippen LogP contribution is 2.46. The number of halogens is 1. The Morgan fingerprint density at radius 1 is 1.23 bits per heavy atom. The molecule has 1 spiro atoms. The summed E-state index contributed by atoms with van der Waals surface area (Å²) in [6.07, 6.45) is 6.98. The van der Waals surface area contributed by atoms with Gasteiger partial charge in [-0.2, -0.15) is 0 Å². The van der Waals surface area contributed by atoms with E-state index < -0.39 is 0 Å². The number of hydrogen-bond acceptors (Lipinski definition) is 3. The van der Waals surface area contributed by atoms with Gasteiger partial charge in [0.15, 0.2) is 0 Å². The third-order valence-electron chi connectivity index (χ3n) is 6.47. The molecular formula is C18H23FN2O. The zero-order valence-corrected chi connectivity index (χ0v) is 12.9. The second-order valence-corrected chi connectivity index (χ2v) is 7.54. The number of likely N-dealkylation sites (tertiary alicyclic amines) is 1. The first-order valence-corrected chi connectivity index (χ1v) is 8.67. The molecule has 4 aliphatic rings. The Labute approximate surface area is 130 Å². The lowest BCUT2D eigenvalue weighted by atomic mass is 9.73. The van der Waals surface area contributed by atoms with E-state index in [2.05, 4.69) is 10.2 Å². The molecule has 118 valence electrons. The fourth-order valence-electron chi connectivity index (χ4n) is 5.19. The highest BCUT2D eigenvalue weighted by atomic mass is 19.1. The van der Waals surface area contributed by atoms with Gasteiger partial charge in [-0.05, 0) is 69.0 Å². The molecule has 3 saturated heterocycles. The lowest BCUT2D eigenvalue weighted by molar-refractivity contribution is 0.0521. The van der Waals surface area contributed by atoms with Crippen LogP contribution in [0.1, 0.15) is 37.7 Å². The van der Waals surface area contributed by atoms with Crippen LogP contribution in [0.4, 0.5) is 10.1 Å². The number of ether oxygens (including phenoxy) is 1. The van der Waals surface area contributed by atoms with Crippen LogP contribution in [0.5, 0.6) is 0 Å². The maximum Gasteiger partial charge on any atom is 0.123 e. The smallest absolute Gasteiger partial charge is 0.123 e. The van der Waals surface area contributed by atoms with E-state index >= 15 is 0 Å². The van der Waals surface area contributed by atoms with Gasteiger partial charge in [-0.25, -0.2) is 4.39 Å². The van der Waals surface area contributed by atoms with Gasteiger partial charge < -0.3 is 10.1 Å². The van der Waals surface area contributed by atoms with Gasteiger partial charge in [0, 0.05) is 23.7 Å². The first-order valence-electron chi connectivity index (χ1n) is 8.67. The van der Waals surface area contributed by atoms with Crippen LogP contribution in [0.15, 0.2) is 18.2 Å². The fourth-order valence-corrected chi connectivity index (χ4v) is 5.19. The van der Waals surface area contributed by atoms with E-state index in [1.165, 1.54) is 24.8 Å². The number of hydrogen-bond donors (Lipinski definition) is 1. The van der Waals surface area contributed by atoms with E-state index in [1.54, 1.807) is 12.1 Å². The number of nitrogens with zero attached hydrogens (tertiary/aromatic N) is 1. The van der Waals surface area contributed by atoms with Crippen LogP contribution in [0.25, 0.3) is 0 Å². The van der Waals surface area contributed by atoms with Gasteiger partial charge in [-0.15, -0.1) is 0 Å². The molecule has 5 rings (SSSR count). The molecule has 4 heterocycles. The zero-order valence-electron chi connectivity index (χ0n) is 12.9. The van der Waals surface area contributed by atoms with E-state index in [9.17, 15) is 4.39 Å². The Kier molecular flexibility index (Phi) is 2.84. The predicted molar refractivity (Wildman–Crippen MR) is 83.7 cm³/mol. The van der Waals surface area contributed by atoms with Crippen LogP contribution >= 0.6 is 0 Å². The molecule has 1 aromatic carbocycles. The molecule has 2 bridgehead atoms. The minimum atomic E-state index is -0.106. The summed E-state index contributed by atoms with van der Waals surface area (Å²) in [6, 6.07) is 5.85. The molecule has 4 heteroatoms. The Bertz CT molecular complexity index is 597. The van der Waals surface area contributed by atoms with Crippen molar-refractivity contribution in [3.63, 3.8) is 0 Å². The quantitative estimate of drug-likeness (QED) is 0.863. The molecule has 0 radical (unpaired) electrons. The number of piperidine rings is 1. The zero-order chi connectivity index (χ0) is 14.7. The molecule has 3 unspecified atom stereocenters. The summed E-state index contributed by atoms with van der Waals surface area (Å²) in [6.45, 7) is 3.20. The first-order chi connectivity index (χ1) is 10.7. The Hall–Kier alpha value is -1.13. The lowest BCUT2D eigenvalue weighted by Gasteiger charge is -2.43. The molecule has 0 amide bonds. The molecule has 22 heavy (non-hydrogen) atoms. The van der Waals surface area contributed by atoms with Gasteiger partial charge in [0.05, 0.1) is 12.2 Å². The Morgan fingerprint density at radius 2 is 2.09 bits per heavy atom. The van der Waals surface area contributed by atoms with E-state index in [-0.39, 0.29) is 11.2 Å². The van der Waals surface area contributed by atoms with E-state index in [4.69, 9.17) is 4.74 Å². The SMILES string of the molecule is Fc1ccc2c(c1)C1(CCN(C3CC4CCC3O4)CC1)CN2. The number of benzene rings is 1. The summed E-state index contributed by atoms with van der Waals surface area (Å²) in [4.78, 5) is 2.65. The molecule has 1 aromatic rings. The molecule has 3 fully saturated rings. The van der Waals surface area contributed by atoms with Gasteiger partial charge in [0.2, 0.25) is 0 Å². The van der Waals surface area contributed by atoms with Crippen molar-refractivity contribution in [2.75, 3.05) is 25.0 Å². The van der Waals surface area contributed by atoms with E-state index in [0.29, 0.717) is 18.2 Å². The van der Waals surface area contributed by atoms with Crippen LogP contribution in [0, 0.1) is 5.82 Å². The van der Waals surface area contributed by atoms with Gasteiger partial charge in [-0.1, -0.05) is 0 Å². The average Bonchev–Trinajstić information content (AvgIpc) is 3.24. The monoisotopic (exact) mass is 302 g/mol. The third kappa shape index (κ3) is 1.86. The minimum Gasteiger partial charge on any atom is -0.384 e. The third-order valence-corrected chi connectivity index (χ3v) is 6.47. The average molecular weight is 302 g/mol. The summed E-state index contributed by atoms with van der Waals surface area (Å²) in [5, 5.41) is 3.49. The fraction of sp³-hybridized carbons (Fsp3) is 0.667. The molecule has 0 aromatic heterocycles. The van der Waals surface area contributed by atoms with Crippen molar-refractivity contribution >= 4 is 5.69 Å². The Balaban J connectivity index is 1.34. The van der Waals surface area contributed by atoms with Gasteiger partial charge in [0.25, 0.3) is 0 Å². The summed E-state index contributed by atoms with van der Waals surface area (Å²) in [5.41, 5.74) is 2.49. The maximum atomic E-state index is 13.7. The summed E-state index contributed by atoms with van der Waals surface area (Å²) < 4.78 is 19.7. The summed E-state index contributed by atoms with van der Waals surface area (Å²) >= 11 is 0. The standard InChI is InChI=1S/C18H23FN2O/c19-12-1-3-15-14(9-12)18(11-20-15)5-7-21(8-6-18)16-10-13-2-4-17(16)22-13/h1,3,9,13,16-17,20H,2,4-8,10-11H2. The highest BCUT2D eigenvalue weighted by molar-refractivity contribution is 5.60. The number of fused-ring (bicyclic) bond motifs is 4. The molecule has 4 aliphatic heterocycles. The second kappa shape index (κ2) is 4.68. The number of rotatable bonds is 1. The second-order valence-electron chi connectivity index (χ2n) is 7.54. The van der Waals surface area contributed by atoms with Crippen LogP contribution in [0.3, 0.4) is 0 Å². The van der Waals surface area contributed by atoms with Crippen molar-refractivity contribution in [3.05, 3.63) is 29.6 Å². The van der Waals surface area contributed by atoms with Crippen LogP contribution in [-0.2, 0) is 10.2 Å². The summed E-state index contributed by atoms with van der Waals surface area (Å²) in [7, 11) is 0. The van der Waals surface area contributed by atoms with Crippen LogP contribution in [-0.4, -0.2) is 42.8 Å². The number of anilines is 1. The molecule has 0 saturated carbocycles. The van der Waals surface area contributed by atoms with Crippen molar-refractivity contribution in [2.24, 2.45) is 0 Å². The van der Waals surface area contributed by atoms with Crippen molar-refractivity contribution < 1.29 is 9.13 Å². The number of nitrogens with one attached hydrogen (secondary N) is 1. The maximum absolute atomic E-state index is 13.7. The van der Waals surface area contributed by atoms with Crippen molar-refractivity contribution in [2.45, 2.75) is 55.8 Å². The topological polar surface area (TPSA) is 24.5 Å². The normalized spacial score (nSPS) is 35.8. The van der Waals surface area contributed by atoms with Crippen molar-refractivity contribution in [1.29, 1.82) is 0 Å². The van der Waals surface area contributed by atoms with Crippen molar-refractivity contribution in [1.82, 2.24) is 4.90 Å². The van der Waals surface area contributed by atoms with Crippen LogP contribution in [0.2, 0.25) is 0 Å². The molecule has 1 N–H and O–H groups in total. The summed E-state index contributed by atoms with van der Waals surface area (Å²) in [5.74, 6) is -0.106. The molecule has 3 nitrogen and oxygen atoms in total. The van der Waals surface area contributed by atoms with E-state index in [0.717, 1.165) is 38.2 Å². The van der Waals surface area contributed by atoms with Crippen molar-refractivity contribution in [3.8, 4) is 0 Å². The van der Waals surface area contributed by atoms with E-state index in [1.807, 2.05) is 6.07 Å². The lowest BCUT2D eigenvalue weighted by Crippen LogP contribution is -2.50. The molecule has 0 aliphatic carbocycles. The molecular weight excluding hydrogens is 279 g/mol. The van der Waals surface area contributed by atoms with Gasteiger partial charge in [-0.3, -0.25) is 4.90 Å².